The van der Waals surface area contributed by atoms with Gasteiger partial charge in [0, 0.05) is 43.0 Å². The van der Waals surface area contributed by atoms with Crippen LogP contribution in [-0.2, 0) is 0 Å². The van der Waals surface area contributed by atoms with E-state index in [0.717, 1.165) is 0 Å². The summed E-state index contributed by atoms with van der Waals surface area (Å²) < 4.78 is 5.16. The SMILES string of the molecule is O=C(Nc1ccc(C(=O)N2CCN(C(=O)c3ccco3)CC2)cc1)c1ccccc1. The van der Waals surface area contributed by atoms with Crippen molar-refractivity contribution in [3.8, 4) is 0 Å². The van der Waals surface area contributed by atoms with E-state index in [2.05, 4.69) is 5.32 Å². The second-order valence-electron chi connectivity index (χ2n) is 6.96. The van der Waals surface area contributed by atoms with Gasteiger partial charge in [-0.2, -0.15) is 0 Å². The van der Waals surface area contributed by atoms with Crippen LogP contribution in [0.25, 0.3) is 0 Å². The number of benzene rings is 2. The summed E-state index contributed by atoms with van der Waals surface area (Å²) in [6.07, 6.45) is 1.47. The van der Waals surface area contributed by atoms with Crippen LogP contribution in [0.1, 0.15) is 31.3 Å². The maximum absolute atomic E-state index is 12.8. The zero-order valence-corrected chi connectivity index (χ0v) is 16.3. The van der Waals surface area contributed by atoms with E-state index >= 15 is 0 Å². The fourth-order valence-electron chi connectivity index (χ4n) is 3.34. The van der Waals surface area contributed by atoms with Crippen LogP contribution < -0.4 is 5.32 Å². The zero-order chi connectivity index (χ0) is 20.9. The number of carbonyl (C=O) groups is 3. The van der Waals surface area contributed by atoms with Crippen molar-refractivity contribution >= 4 is 23.4 Å². The Morgan fingerprint density at radius 1 is 0.700 bits per heavy atom. The number of rotatable bonds is 4. The van der Waals surface area contributed by atoms with Gasteiger partial charge < -0.3 is 19.5 Å². The Hall–Kier alpha value is -3.87. The first-order valence-electron chi connectivity index (χ1n) is 9.70. The van der Waals surface area contributed by atoms with Gasteiger partial charge in [0.1, 0.15) is 0 Å². The average Bonchev–Trinajstić information content (AvgIpc) is 3.34. The van der Waals surface area contributed by atoms with E-state index in [-0.39, 0.29) is 17.7 Å². The van der Waals surface area contributed by atoms with Crippen molar-refractivity contribution in [1.29, 1.82) is 0 Å². The molecule has 0 saturated carbocycles. The molecule has 152 valence electrons. The minimum Gasteiger partial charge on any atom is -0.459 e. The maximum Gasteiger partial charge on any atom is 0.289 e. The molecule has 4 rings (SSSR count). The normalized spacial score (nSPS) is 13.7. The molecule has 3 aromatic rings. The van der Waals surface area contributed by atoms with Crippen molar-refractivity contribution in [2.24, 2.45) is 0 Å². The summed E-state index contributed by atoms with van der Waals surface area (Å²) in [5.74, 6) is -0.151. The van der Waals surface area contributed by atoms with Crippen molar-refractivity contribution in [2.75, 3.05) is 31.5 Å². The molecule has 7 heteroatoms. The van der Waals surface area contributed by atoms with Crippen LogP contribution in [0.5, 0.6) is 0 Å². The molecule has 7 nitrogen and oxygen atoms in total. The molecule has 1 aromatic heterocycles. The summed E-state index contributed by atoms with van der Waals surface area (Å²) in [5.41, 5.74) is 1.73. The lowest BCUT2D eigenvalue weighted by atomic mass is 10.1. The third-order valence-electron chi connectivity index (χ3n) is 5.01. The minimum atomic E-state index is -0.202. The summed E-state index contributed by atoms with van der Waals surface area (Å²) in [5, 5.41) is 2.82. The quantitative estimate of drug-likeness (QED) is 0.726. The second kappa shape index (κ2) is 8.65. The van der Waals surface area contributed by atoms with Gasteiger partial charge >= 0.3 is 0 Å². The van der Waals surface area contributed by atoms with Crippen LogP contribution in [0.15, 0.2) is 77.4 Å². The second-order valence-corrected chi connectivity index (χ2v) is 6.96. The third kappa shape index (κ3) is 4.25. The number of piperazine rings is 1. The largest absolute Gasteiger partial charge is 0.459 e. The number of nitrogens with zero attached hydrogens (tertiary/aromatic N) is 2. The van der Waals surface area contributed by atoms with E-state index in [9.17, 15) is 14.4 Å². The van der Waals surface area contributed by atoms with Crippen molar-refractivity contribution < 1.29 is 18.8 Å². The molecule has 0 spiro atoms. The monoisotopic (exact) mass is 403 g/mol. The van der Waals surface area contributed by atoms with Crippen LogP contribution in [-0.4, -0.2) is 53.7 Å². The third-order valence-corrected chi connectivity index (χ3v) is 5.01. The predicted molar refractivity (Wildman–Crippen MR) is 111 cm³/mol. The maximum atomic E-state index is 12.8. The molecular formula is C23H21N3O4. The predicted octanol–water partition coefficient (Wildman–Crippen LogP) is 3.13. The number of amides is 3. The molecule has 3 amide bonds. The van der Waals surface area contributed by atoms with Crippen LogP contribution in [0, 0.1) is 0 Å². The standard InChI is InChI=1S/C23H21N3O4/c27-21(17-5-2-1-3-6-17)24-19-10-8-18(9-11-19)22(28)25-12-14-26(15-13-25)23(29)20-7-4-16-30-20/h1-11,16H,12-15H2,(H,24,27). The molecule has 0 unspecified atom stereocenters. The minimum absolute atomic E-state index is 0.0963. The first-order chi connectivity index (χ1) is 14.6. The molecule has 0 bridgehead atoms. The van der Waals surface area contributed by atoms with Crippen LogP contribution >= 0.6 is 0 Å². The Balaban J connectivity index is 1.33. The molecular weight excluding hydrogens is 382 g/mol. The highest BCUT2D eigenvalue weighted by Crippen LogP contribution is 2.15. The number of furan rings is 1. The summed E-state index contributed by atoms with van der Waals surface area (Å²) in [4.78, 5) is 40.7. The molecule has 1 N–H and O–H groups in total. The Labute approximate surface area is 173 Å². The highest BCUT2D eigenvalue weighted by atomic mass is 16.3. The molecule has 0 aliphatic carbocycles. The van der Waals surface area contributed by atoms with Gasteiger partial charge in [-0.25, -0.2) is 0 Å². The lowest BCUT2D eigenvalue weighted by molar-refractivity contribution is 0.0518. The highest BCUT2D eigenvalue weighted by Gasteiger charge is 2.26. The van der Waals surface area contributed by atoms with E-state index in [4.69, 9.17) is 4.42 Å². The van der Waals surface area contributed by atoms with E-state index in [1.807, 2.05) is 6.07 Å². The molecule has 30 heavy (non-hydrogen) atoms. The fraction of sp³-hybridized carbons (Fsp3) is 0.174. The van der Waals surface area contributed by atoms with Crippen LogP contribution in [0.4, 0.5) is 5.69 Å². The lowest BCUT2D eigenvalue weighted by Gasteiger charge is -2.34. The lowest BCUT2D eigenvalue weighted by Crippen LogP contribution is -2.50. The van der Waals surface area contributed by atoms with Crippen molar-refractivity contribution in [2.45, 2.75) is 0 Å². The first-order valence-corrected chi connectivity index (χ1v) is 9.70. The fourth-order valence-corrected chi connectivity index (χ4v) is 3.34. The van der Waals surface area contributed by atoms with Gasteiger partial charge in [-0.15, -0.1) is 0 Å². The molecule has 2 heterocycles. The van der Waals surface area contributed by atoms with Crippen molar-refractivity contribution in [3.05, 3.63) is 89.9 Å². The zero-order valence-electron chi connectivity index (χ0n) is 16.3. The van der Waals surface area contributed by atoms with Crippen molar-refractivity contribution in [1.82, 2.24) is 9.80 Å². The molecule has 0 radical (unpaired) electrons. The van der Waals surface area contributed by atoms with E-state index in [0.29, 0.717) is 48.8 Å². The highest BCUT2D eigenvalue weighted by molar-refractivity contribution is 6.04. The Morgan fingerprint density at radius 3 is 1.93 bits per heavy atom. The van der Waals surface area contributed by atoms with E-state index in [1.165, 1.54) is 6.26 Å². The molecule has 1 aliphatic rings. The molecule has 1 saturated heterocycles. The van der Waals surface area contributed by atoms with Gasteiger partial charge in [0.25, 0.3) is 17.7 Å². The number of carbonyl (C=O) groups excluding carboxylic acids is 3. The van der Waals surface area contributed by atoms with Gasteiger partial charge in [-0.05, 0) is 48.5 Å². The summed E-state index contributed by atoms with van der Waals surface area (Å²) >= 11 is 0. The molecule has 1 fully saturated rings. The number of hydrogen-bond acceptors (Lipinski definition) is 4. The molecule has 0 atom stereocenters. The summed E-state index contributed by atoms with van der Waals surface area (Å²) in [6.45, 7) is 1.82. The molecule has 2 aromatic carbocycles. The van der Waals surface area contributed by atoms with Gasteiger partial charge in [0.05, 0.1) is 6.26 Å². The smallest absolute Gasteiger partial charge is 0.289 e. The first kappa shape index (κ1) is 19.4. The van der Waals surface area contributed by atoms with Gasteiger partial charge in [0.15, 0.2) is 5.76 Å². The van der Waals surface area contributed by atoms with Crippen LogP contribution in [0.3, 0.4) is 0 Å². The Bertz CT molecular complexity index is 1020. The van der Waals surface area contributed by atoms with Crippen molar-refractivity contribution in [3.63, 3.8) is 0 Å². The van der Waals surface area contributed by atoms with Crippen LogP contribution in [0.2, 0.25) is 0 Å². The molecule has 1 aliphatic heterocycles. The Kier molecular flexibility index (Phi) is 5.61. The van der Waals surface area contributed by atoms with E-state index < -0.39 is 0 Å². The van der Waals surface area contributed by atoms with Gasteiger partial charge in [-0.1, -0.05) is 18.2 Å². The number of nitrogens with one attached hydrogen (secondary N) is 1. The average molecular weight is 403 g/mol. The number of anilines is 1. The van der Waals surface area contributed by atoms with E-state index in [1.54, 1.807) is 70.5 Å². The van der Waals surface area contributed by atoms with Gasteiger partial charge in [0.2, 0.25) is 0 Å². The summed E-state index contributed by atoms with van der Waals surface area (Å²) in [7, 11) is 0. The summed E-state index contributed by atoms with van der Waals surface area (Å²) in [6, 6.07) is 19.1. The number of hydrogen-bond donors (Lipinski definition) is 1. The Morgan fingerprint density at radius 2 is 1.33 bits per heavy atom. The topological polar surface area (TPSA) is 82.9 Å². The van der Waals surface area contributed by atoms with Gasteiger partial charge in [-0.3, -0.25) is 14.4 Å².